The minimum atomic E-state index is -4.21. The van der Waals surface area contributed by atoms with Crippen LogP contribution in [0, 0.1) is 0 Å². The molecule has 0 amide bonds. The molecular formula is C9H9F3N2S. The Morgan fingerprint density at radius 2 is 1.93 bits per heavy atom. The monoisotopic (exact) mass is 234 g/mol. The highest BCUT2D eigenvalue weighted by atomic mass is 32.2. The van der Waals surface area contributed by atoms with Crippen LogP contribution in [0.15, 0.2) is 17.4 Å². The molecule has 1 aromatic heterocycles. The summed E-state index contributed by atoms with van der Waals surface area (Å²) in [5.74, 6) is 0. The Kier molecular flexibility index (Phi) is 2.41. The van der Waals surface area contributed by atoms with Gasteiger partial charge in [-0.15, -0.1) is 11.8 Å². The summed E-state index contributed by atoms with van der Waals surface area (Å²) in [6.45, 7) is 0. The van der Waals surface area contributed by atoms with Crippen LogP contribution < -0.4 is 0 Å². The van der Waals surface area contributed by atoms with Gasteiger partial charge in [0, 0.05) is 0 Å². The van der Waals surface area contributed by atoms with E-state index in [1.54, 1.807) is 6.26 Å². The third-order valence-corrected chi connectivity index (χ3v) is 3.25. The van der Waals surface area contributed by atoms with Crippen LogP contribution in [-0.4, -0.2) is 22.4 Å². The van der Waals surface area contributed by atoms with Gasteiger partial charge >= 0.3 is 6.18 Å². The molecule has 0 aliphatic heterocycles. The van der Waals surface area contributed by atoms with Crippen molar-refractivity contribution in [1.29, 1.82) is 0 Å². The topological polar surface area (TPSA) is 25.8 Å². The zero-order valence-electron chi connectivity index (χ0n) is 8.01. The molecule has 82 valence electrons. The van der Waals surface area contributed by atoms with Crippen LogP contribution in [0.3, 0.4) is 0 Å². The van der Waals surface area contributed by atoms with E-state index in [0.717, 1.165) is 0 Å². The Labute approximate surface area is 89.3 Å². The van der Waals surface area contributed by atoms with Crippen LogP contribution in [0.5, 0.6) is 0 Å². The quantitative estimate of drug-likeness (QED) is 0.736. The smallest absolute Gasteiger partial charge is 0.256 e. The van der Waals surface area contributed by atoms with Gasteiger partial charge in [0.25, 0.3) is 0 Å². The molecule has 1 aliphatic carbocycles. The lowest BCUT2D eigenvalue weighted by atomic mass is 10.0. The molecule has 0 bridgehead atoms. The fraction of sp³-hybridized carbons (Fsp3) is 0.556. The first-order valence-electron chi connectivity index (χ1n) is 4.43. The average Bonchev–Trinajstić information content (AvgIpc) is 2.98. The van der Waals surface area contributed by atoms with E-state index in [2.05, 4.69) is 9.97 Å². The second-order valence-corrected chi connectivity index (χ2v) is 4.35. The minimum absolute atomic E-state index is 0.0489. The van der Waals surface area contributed by atoms with E-state index in [1.807, 2.05) is 0 Å². The first-order chi connectivity index (χ1) is 6.99. The standard InChI is InChI=1S/C9H9F3N2S/c1-15-7-5-13-6(4-14-7)8(2-3-8)9(10,11)12/h4-5H,2-3H2,1H3. The first-order valence-corrected chi connectivity index (χ1v) is 5.65. The molecule has 0 N–H and O–H groups in total. The molecule has 2 rings (SSSR count). The maximum atomic E-state index is 12.7. The van der Waals surface area contributed by atoms with E-state index in [4.69, 9.17) is 0 Å². The van der Waals surface area contributed by atoms with Crippen molar-refractivity contribution in [2.45, 2.75) is 29.5 Å². The Morgan fingerprint density at radius 3 is 2.27 bits per heavy atom. The number of aromatic nitrogens is 2. The highest BCUT2D eigenvalue weighted by Gasteiger charge is 2.65. The molecule has 0 radical (unpaired) electrons. The van der Waals surface area contributed by atoms with Crippen LogP contribution in [0.2, 0.25) is 0 Å². The Balaban J connectivity index is 2.30. The van der Waals surface area contributed by atoms with Crippen molar-refractivity contribution in [3.05, 3.63) is 18.1 Å². The van der Waals surface area contributed by atoms with E-state index >= 15 is 0 Å². The van der Waals surface area contributed by atoms with Crippen molar-refractivity contribution in [3.63, 3.8) is 0 Å². The number of hydrogen-bond donors (Lipinski definition) is 0. The Bertz CT molecular complexity index is 357. The predicted octanol–water partition coefficient (Wildman–Crippen LogP) is 2.79. The first kappa shape index (κ1) is 10.7. The van der Waals surface area contributed by atoms with E-state index in [9.17, 15) is 13.2 Å². The van der Waals surface area contributed by atoms with E-state index in [0.29, 0.717) is 5.03 Å². The molecule has 1 fully saturated rings. The number of rotatable bonds is 2. The fourth-order valence-electron chi connectivity index (χ4n) is 1.48. The van der Waals surface area contributed by atoms with Gasteiger partial charge in [-0.25, -0.2) is 4.98 Å². The maximum absolute atomic E-state index is 12.7. The molecule has 0 spiro atoms. The van der Waals surface area contributed by atoms with Crippen molar-refractivity contribution in [2.24, 2.45) is 0 Å². The third kappa shape index (κ3) is 1.71. The highest BCUT2D eigenvalue weighted by molar-refractivity contribution is 7.98. The fourth-order valence-corrected chi connectivity index (χ4v) is 1.79. The van der Waals surface area contributed by atoms with Gasteiger partial charge in [-0.1, -0.05) is 0 Å². The van der Waals surface area contributed by atoms with Gasteiger partial charge in [-0.2, -0.15) is 13.2 Å². The second-order valence-electron chi connectivity index (χ2n) is 3.52. The lowest BCUT2D eigenvalue weighted by Crippen LogP contribution is -2.29. The lowest BCUT2D eigenvalue weighted by Gasteiger charge is -2.17. The average molecular weight is 234 g/mol. The lowest BCUT2D eigenvalue weighted by molar-refractivity contribution is -0.161. The number of thioether (sulfide) groups is 1. The van der Waals surface area contributed by atoms with Gasteiger partial charge in [0.2, 0.25) is 0 Å². The van der Waals surface area contributed by atoms with Crippen LogP contribution in [0.1, 0.15) is 18.5 Å². The summed E-state index contributed by atoms with van der Waals surface area (Å²) in [6, 6.07) is 0. The normalized spacial score (nSPS) is 18.9. The van der Waals surface area contributed by atoms with Crippen LogP contribution in [0.4, 0.5) is 13.2 Å². The third-order valence-electron chi connectivity index (χ3n) is 2.62. The highest BCUT2D eigenvalue weighted by Crippen LogP contribution is 2.58. The van der Waals surface area contributed by atoms with Gasteiger partial charge < -0.3 is 0 Å². The predicted molar refractivity (Wildman–Crippen MR) is 50.8 cm³/mol. The summed E-state index contributed by atoms with van der Waals surface area (Å²) in [6.07, 6.45) is 0.495. The second kappa shape index (κ2) is 3.37. The molecule has 1 aliphatic rings. The van der Waals surface area contributed by atoms with Crippen molar-refractivity contribution in [1.82, 2.24) is 9.97 Å². The van der Waals surface area contributed by atoms with Gasteiger partial charge in [-0.05, 0) is 19.1 Å². The minimum Gasteiger partial charge on any atom is -0.256 e. The summed E-state index contributed by atoms with van der Waals surface area (Å²) < 4.78 is 38.1. The van der Waals surface area contributed by atoms with Gasteiger partial charge in [-0.3, -0.25) is 4.98 Å². The Morgan fingerprint density at radius 1 is 1.27 bits per heavy atom. The molecule has 0 aromatic carbocycles. The number of hydrogen-bond acceptors (Lipinski definition) is 3. The molecule has 6 heteroatoms. The largest absolute Gasteiger partial charge is 0.400 e. The number of halogens is 3. The summed E-state index contributed by atoms with van der Waals surface area (Å²) in [4.78, 5) is 7.76. The molecule has 15 heavy (non-hydrogen) atoms. The summed E-state index contributed by atoms with van der Waals surface area (Å²) in [7, 11) is 0. The van der Waals surface area contributed by atoms with Crippen molar-refractivity contribution < 1.29 is 13.2 Å². The maximum Gasteiger partial charge on any atom is 0.400 e. The Hall–Kier alpha value is -0.780. The molecule has 2 nitrogen and oxygen atoms in total. The van der Waals surface area contributed by atoms with Crippen LogP contribution in [0.25, 0.3) is 0 Å². The number of alkyl halides is 3. The molecule has 0 saturated heterocycles. The molecule has 1 saturated carbocycles. The molecule has 0 atom stereocenters. The molecule has 1 aromatic rings. The zero-order chi connectivity index (χ0) is 11.1. The van der Waals surface area contributed by atoms with E-state index in [1.165, 1.54) is 24.2 Å². The van der Waals surface area contributed by atoms with Gasteiger partial charge in [0.15, 0.2) is 0 Å². The van der Waals surface area contributed by atoms with Crippen molar-refractivity contribution >= 4 is 11.8 Å². The summed E-state index contributed by atoms with van der Waals surface area (Å²) in [5.41, 5.74) is -1.66. The van der Waals surface area contributed by atoms with Crippen LogP contribution >= 0.6 is 11.8 Å². The van der Waals surface area contributed by atoms with Crippen LogP contribution in [-0.2, 0) is 5.41 Å². The van der Waals surface area contributed by atoms with Gasteiger partial charge in [0.1, 0.15) is 10.4 Å². The summed E-state index contributed by atoms with van der Waals surface area (Å²) >= 11 is 1.36. The van der Waals surface area contributed by atoms with E-state index in [-0.39, 0.29) is 18.5 Å². The summed E-state index contributed by atoms with van der Waals surface area (Å²) in [5, 5.41) is 0.636. The molecule has 1 heterocycles. The van der Waals surface area contributed by atoms with E-state index < -0.39 is 11.6 Å². The zero-order valence-corrected chi connectivity index (χ0v) is 8.82. The SMILES string of the molecule is CSc1cnc(C2(C(F)(F)F)CC2)cn1. The molecule has 0 unspecified atom stereocenters. The van der Waals surface area contributed by atoms with Crippen molar-refractivity contribution in [3.8, 4) is 0 Å². The van der Waals surface area contributed by atoms with Crippen molar-refractivity contribution in [2.75, 3.05) is 6.26 Å². The number of nitrogens with zero attached hydrogens (tertiary/aromatic N) is 2. The van der Waals surface area contributed by atoms with Gasteiger partial charge in [0.05, 0.1) is 18.1 Å². The molecular weight excluding hydrogens is 225 g/mol.